The summed E-state index contributed by atoms with van der Waals surface area (Å²) >= 11 is 0. The first-order valence-corrected chi connectivity index (χ1v) is 7.52. The highest BCUT2D eigenvalue weighted by Gasteiger charge is 2.34. The molecular weight excluding hydrogens is 282 g/mol. The van der Waals surface area contributed by atoms with Gasteiger partial charge in [0, 0.05) is 5.56 Å². The number of nitrogens with two attached hydrogens (primary N) is 1. The van der Waals surface area contributed by atoms with Crippen molar-refractivity contribution >= 4 is 0 Å². The Morgan fingerprint density at radius 3 is 2.50 bits per heavy atom. The lowest BCUT2D eigenvalue weighted by molar-refractivity contribution is 0.275. The molecular formula is C16H21N3O3. The van der Waals surface area contributed by atoms with Crippen LogP contribution in [0.2, 0.25) is 0 Å². The number of rotatable bonds is 4. The number of ether oxygens (including phenoxy) is 2. The zero-order valence-electron chi connectivity index (χ0n) is 13.0. The van der Waals surface area contributed by atoms with E-state index in [1.54, 1.807) is 14.2 Å². The molecule has 2 aromatic rings. The van der Waals surface area contributed by atoms with Crippen molar-refractivity contribution in [3.05, 3.63) is 24.0 Å². The number of methoxy groups -OCH3 is 2. The van der Waals surface area contributed by atoms with Gasteiger partial charge >= 0.3 is 0 Å². The maximum absolute atomic E-state index is 6.44. The summed E-state index contributed by atoms with van der Waals surface area (Å²) in [6.07, 6.45) is 5.24. The van der Waals surface area contributed by atoms with E-state index in [1.807, 2.05) is 18.2 Å². The van der Waals surface area contributed by atoms with Crippen molar-refractivity contribution < 1.29 is 14.0 Å². The molecule has 6 nitrogen and oxygen atoms in total. The van der Waals surface area contributed by atoms with E-state index in [4.69, 9.17) is 19.7 Å². The third kappa shape index (κ3) is 2.66. The first-order valence-electron chi connectivity index (χ1n) is 7.52. The Morgan fingerprint density at radius 2 is 1.82 bits per heavy atom. The standard InChI is InChI=1S/C16H21N3O3/c1-20-12-7-6-11(10-13(12)21-2)14-18-15(19-22-14)16(17)8-4-3-5-9-16/h6-7,10H,3-5,8-9,17H2,1-2H3. The van der Waals surface area contributed by atoms with Gasteiger partial charge < -0.3 is 19.7 Å². The van der Waals surface area contributed by atoms with Crippen LogP contribution in [0, 0.1) is 0 Å². The van der Waals surface area contributed by atoms with Crippen LogP contribution in [-0.4, -0.2) is 24.4 Å². The van der Waals surface area contributed by atoms with Gasteiger partial charge in [-0.05, 0) is 31.0 Å². The average molecular weight is 303 g/mol. The van der Waals surface area contributed by atoms with Crippen molar-refractivity contribution in [2.24, 2.45) is 5.73 Å². The van der Waals surface area contributed by atoms with Crippen molar-refractivity contribution in [3.63, 3.8) is 0 Å². The Bertz CT molecular complexity index is 648. The maximum Gasteiger partial charge on any atom is 0.258 e. The van der Waals surface area contributed by atoms with Crippen LogP contribution in [0.4, 0.5) is 0 Å². The molecule has 1 aliphatic rings. The smallest absolute Gasteiger partial charge is 0.258 e. The second-order valence-electron chi connectivity index (χ2n) is 5.71. The van der Waals surface area contributed by atoms with E-state index in [1.165, 1.54) is 6.42 Å². The number of hydrogen-bond acceptors (Lipinski definition) is 6. The van der Waals surface area contributed by atoms with Crippen LogP contribution < -0.4 is 15.2 Å². The summed E-state index contributed by atoms with van der Waals surface area (Å²) in [5, 5.41) is 4.10. The minimum Gasteiger partial charge on any atom is -0.493 e. The molecule has 0 amide bonds. The van der Waals surface area contributed by atoms with Gasteiger partial charge in [-0.25, -0.2) is 0 Å². The van der Waals surface area contributed by atoms with Crippen molar-refractivity contribution in [1.29, 1.82) is 0 Å². The Labute approximate surface area is 129 Å². The van der Waals surface area contributed by atoms with Crippen molar-refractivity contribution in [1.82, 2.24) is 10.1 Å². The Kier molecular flexibility index (Phi) is 4.02. The molecule has 1 aliphatic carbocycles. The number of aromatic nitrogens is 2. The molecule has 0 aliphatic heterocycles. The van der Waals surface area contributed by atoms with E-state index in [9.17, 15) is 0 Å². The topological polar surface area (TPSA) is 83.4 Å². The van der Waals surface area contributed by atoms with Crippen LogP contribution in [0.15, 0.2) is 22.7 Å². The molecule has 0 bridgehead atoms. The summed E-state index contributed by atoms with van der Waals surface area (Å²) in [5.74, 6) is 2.33. The molecule has 6 heteroatoms. The predicted molar refractivity (Wildman–Crippen MR) is 81.8 cm³/mol. The summed E-state index contributed by atoms with van der Waals surface area (Å²) in [5.41, 5.74) is 6.77. The Balaban J connectivity index is 1.90. The fourth-order valence-corrected chi connectivity index (χ4v) is 2.92. The van der Waals surface area contributed by atoms with Gasteiger partial charge in [0.2, 0.25) is 0 Å². The quantitative estimate of drug-likeness (QED) is 0.935. The molecule has 118 valence electrons. The zero-order chi connectivity index (χ0) is 15.6. The third-order valence-electron chi connectivity index (χ3n) is 4.25. The van der Waals surface area contributed by atoms with Crippen LogP contribution in [0.1, 0.15) is 37.9 Å². The second-order valence-corrected chi connectivity index (χ2v) is 5.71. The van der Waals surface area contributed by atoms with E-state index in [2.05, 4.69) is 10.1 Å². The second kappa shape index (κ2) is 5.96. The van der Waals surface area contributed by atoms with Crippen LogP contribution >= 0.6 is 0 Å². The number of nitrogens with zero attached hydrogens (tertiary/aromatic N) is 2. The fourth-order valence-electron chi connectivity index (χ4n) is 2.92. The SMILES string of the molecule is COc1ccc(-c2nc(C3(N)CCCCC3)no2)cc1OC. The van der Waals surface area contributed by atoms with E-state index in [0.717, 1.165) is 31.2 Å². The minimum absolute atomic E-state index is 0.450. The molecule has 0 spiro atoms. The highest BCUT2D eigenvalue weighted by Crippen LogP contribution is 2.35. The molecule has 1 saturated carbocycles. The molecule has 0 radical (unpaired) electrons. The Hall–Kier alpha value is -2.08. The van der Waals surface area contributed by atoms with Crippen LogP contribution in [0.3, 0.4) is 0 Å². The minimum atomic E-state index is -0.462. The van der Waals surface area contributed by atoms with E-state index in [-0.39, 0.29) is 0 Å². The highest BCUT2D eigenvalue weighted by molar-refractivity contribution is 5.59. The molecule has 0 unspecified atom stereocenters. The summed E-state index contributed by atoms with van der Waals surface area (Å²) in [7, 11) is 3.20. The summed E-state index contributed by atoms with van der Waals surface area (Å²) in [6.45, 7) is 0. The first kappa shape index (κ1) is 14.8. The van der Waals surface area contributed by atoms with Crippen molar-refractivity contribution in [2.75, 3.05) is 14.2 Å². The number of benzene rings is 1. The predicted octanol–water partition coefficient (Wildman–Crippen LogP) is 2.87. The third-order valence-corrected chi connectivity index (χ3v) is 4.25. The normalized spacial score (nSPS) is 17.2. The molecule has 0 atom stereocenters. The summed E-state index contributed by atoms with van der Waals surface area (Å²) in [6, 6.07) is 5.50. The molecule has 22 heavy (non-hydrogen) atoms. The van der Waals surface area contributed by atoms with Crippen molar-refractivity contribution in [2.45, 2.75) is 37.6 Å². The maximum atomic E-state index is 6.44. The van der Waals surface area contributed by atoms with E-state index < -0.39 is 5.54 Å². The van der Waals surface area contributed by atoms with Crippen LogP contribution in [0.5, 0.6) is 11.5 Å². The van der Waals surface area contributed by atoms with E-state index >= 15 is 0 Å². The lowest BCUT2D eigenvalue weighted by Crippen LogP contribution is -2.39. The van der Waals surface area contributed by atoms with Gasteiger partial charge in [-0.15, -0.1) is 0 Å². The molecule has 1 aromatic carbocycles. The van der Waals surface area contributed by atoms with Gasteiger partial charge in [0.05, 0.1) is 19.8 Å². The van der Waals surface area contributed by atoms with Gasteiger partial charge in [0.25, 0.3) is 5.89 Å². The zero-order valence-corrected chi connectivity index (χ0v) is 13.0. The number of hydrogen-bond donors (Lipinski definition) is 1. The lowest BCUT2D eigenvalue weighted by Gasteiger charge is -2.29. The average Bonchev–Trinajstić information content (AvgIpc) is 3.06. The van der Waals surface area contributed by atoms with Gasteiger partial charge in [-0.2, -0.15) is 4.98 Å². The molecule has 2 N–H and O–H groups in total. The van der Waals surface area contributed by atoms with E-state index in [0.29, 0.717) is 23.2 Å². The van der Waals surface area contributed by atoms with Gasteiger partial charge in [-0.1, -0.05) is 24.4 Å². The lowest BCUT2D eigenvalue weighted by atomic mass is 9.82. The van der Waals surface area contributed by atoms with Gasteiger partial charge in [-0.3, -0.25) is 0 Å². The van der Waals surface area contributed by atoms with Crippen LogP contribution in [0.25, 0.3) is 11.5 Å². The van der Waals surface area contributed by atoms with Crippen molar-refractivity contribution in [3.8, 4) is 23.0 Å². The van der Waals surface area contributed by atoms with Gasteiger partial charge in [0.1, 0.15) is 0 Å². The molecule has 1 aromatic heterocycles. The monoisotopic (exact) mass is 303 g/mol. The molecule has 1 fully saturated rings. The summed E-state index contributed by atoms with van der Waals surface area (Å²) < 4.78 is 15.9. The molecule has 0 saturated heterocycles. The molecule has 1 heterocycles. The first-order chi connectivity index (χ1) is 10.7. The Morgan fingerprint density at radius 1 is 1.09 bits per heavy atom. The largest absolute Gasteiger partial charge is 0.493 e. The fraction of sp³-hybridized carbons (Fsp3) is 0.500. The summed E-state index contributed by atoms with van der Waals surface area (Å²) in [4.78, 5) is 4.51. The molecule has 3 rings (SSSR count). The van der Waals surface area contributed by atoms with Gasteiger partial charge in [0.15, 0.2) is 17.3 Å². The highest BCUT2D eigenvalue weighted by atomic mass is 16.5. The van der Waals surface area contributed by atoms with Crippen LogP contribution in [-0.2, 0) is 5.54 Å².